The number of alkyl halides is 1. The van der Waals surface area contributed by atoms with Gasteiger partial charge in [0.25, 0.3) is 0 Å². The Morgan fingerprint density at radius 1 is 1.16 bits per heavy atom. The lowest BCUT2D eigenvalue weighted by Crippen LogP contribution is -2.52. The second-order valence-electron chi connectivity index (χ2n) is 5.54. The van der Waals surface area contributed by atoms with Gasteiger partial charge in [0.05, 0.1) is 4.32 Å². The first-order valence-electron chi connectivity index (χ1n) is 6.68. The number of rotatable bonds is 2. The molecule has 0 radical (unpaired) electrons. The monoisotopic (exact) mass is 324 g/mol. The summed E-state index contributed by atoms with van der Waals surface area (Å²) in [6, 6.07) is 8.42. The average molecular weight is 325 g/mol. The molecule has 0 aliphatic carbocycles. The molecule has 1 heterocycles. The van der Waals surface area contributed by atoms with E-state index in [1.807, 2.05) is 18.7 Å². The quantitative estimate of drug-likeness (QED) is 0.781. The third-order valence-electron chi connectivity index (χ3n) is 3.53. The van der Waals surface area contributed by atoms with E-state index in [1.54, 1.807) is 0 Å². The molecule has 1 aliphatic rings. The summed E-state index contributed by atoms with van der Waals surface area (Å²) in [5.41, 5.74) is 2.58. The predicted octanol–water partition coefficient (Wildman–Crippen LogP) is 2.82. The third-order valence-corrected chi connectivity index (χ3v) is 3.87. The Morgan fingerprint density at radius 2 is 1.74 bits per heavy atom. The van der Waals surface area contributed by atoms with E-state index in [4.69, 9.17) is 0 Å². The molecule has 0 aromatic heterocycles. The van der Waals surface area contributed by atoms with Gasteiger partial charge in [-0.15, -0.1) is 0 Å². The molecule has 19 heavy (non-hydrogen) atoms. The number of benzene rings is 1. The van der Waals surface area contributed by atoms with Gasteiger partial charge in [-0.2, -0.15) is 0 Å². The maximum absolute atomic E-state index is 12.2. The molecule has 1 amide bonds. The van der Waals surface area contributed by atoms with E-state index >= 15 is 0 Å². The van der Waals surface area contributed by atoms with Crippen molar-refractivity contribution < 1.29 is 4.79 Å². The molecule has 0 spiro atoms. The van der Waals surface area contributed by atoms with Crippen LogP contribution in [0.25, 0.3) is 0 Å². The number of para-hydroxylation sites is 1. The van der Waals surface area contributed by atoms with E-state index in [9.17, 15) is 4.79 Å². The highest BCUT2D eigenvalue weighted by molar-refractivity contribution is 9.10. The van der Waals surface area contributed by atoms with Crippen LogP contribution in [-0.2, 0) is 4.79 Å². The third kappa shape index (κ3) is 3.30. The van der Waals surface area contributed by atoms with Gasteiger partial charge < -0.3 is 9.80 Å². The molecular weight excluding hydrogens is 304 g/mol. The molecule has 0 bridgehead atoms. The molecule has 1 fully saturated rings. The number of aryl methyl sites for hydroxylation is 1. The summed E-state index contributed by atoms with van der Waals surface area (Å²) < 4.78 is -0.460. The molecule has 4 heteroatoms. The lowest BCUT2D eigenvalue weighted by Gasteiger charge is -2.38. The van der Waals surface area contributed by atoms with Gasteiger partial charge in [0.2, 0.25) is 5.91 Å². The number of carbonyl (C=O) groups is 1. The molecule has 2 rings (SSSR count). The molecule has 1 aromatic rings. The van der Waals surface area contributed by atoms with Crippen LogP contribution in [-0.4, -0.2) is 41.3 Å². The fraction of sp³-hybridized carbons (Fsp3) is 0.533. The van der Waals surface area contributed by atoms with Crippen molar-refractivity contribution in [1.29, 1.82) is 0 Å². The fourth-order valence-electron chi connectivity index (χ4n) is 2.44. The van der Waals surface area contributed by atoms with Crippen LogP contribution in [0.15, 0.2) is 24.3 Å². The lowest BCUT2D eigenvalue weighted by atomic mass is 10.1. The van der Waals surface area contributed by atoms with Gasteiger partial charge in [0.1, 0.15) is 0 Å². The number of piperazine rings is 1. The van der Waals surface area contributed by atoms with Gasteiger partial charge in [-0.05, 0) is 32.4 Å². The van der Waals surface area contributed by atoms with Gasteiger partial charge >= 0.3 is 0 Å². The molecule has 0 N–H and O–H groups in total. The van der Waals surface area contributed by atoms with Gasteiger partial charge in [-0.25, -0.2) is 0 Å². The number of carbonyl (C=O) groups excluding carboxylic acids is 1. The SMILES string of the molecule is Cc1ccccc1N1CCN(C(=O)C(C)(C)Br)CC1. The minimum absolute atomic E-state index is 0.178. The second-order valence-corrected chi connectivity index (χ2v) is 7.52. The molecule has 0 unspecified atom stereocenters. The van der Waals surface area contributed by atoms with Crippen LogP contribution in [0.5, 0.6) is 0 Å². The molecular formula is C15H21BrN2O. The second kappa shape index (κ2) is 5.53. The van der Waals surface area contributed by atoms with Crippen LogP contribution < -0.4 is 4.90 Å². The highest BCUT2D eigenvalue weighted by Crippen LogP contribution is 2.23. The fourth-order valence-corrected chi connectivity index (χ4v) is 2.70. The summed E-state index contributed by atoms with van der Waals surface area (Å²) in [4.78, 5) is 16.5. The van der Waals surface area contributed by atoms with Crippen LogP contribution in [0.3, 0.4) is 0 Å². The van der Waals surface area contributed by atoms with Crippen molar-refractivity contribution in [3.63, 3.8) is 0 Å². The van der Waals surface area contributed by atoms with Gasteiger partial charge in [-0.3, -0.25) is 4.79 Å². The molecule has 0 saturated carbocycles. The Balaban J connectivity index is 2.00. The Kier molecular flexibility index (Phi) is 4.19. The first kappa shape index (κ1) is 14.4. The van der Waals surface area contributed by atoms with E-state index in [1.165, 1.54) is 11.3 Å². The highest BCUT2D eigenvalue weighted by Gasteiger charge is 2.31. The van der Waals surface area contributed by atoms with Crippen LogP contribution in [0.1, 0.15) is 19.4 Å². The van der Waals surface area contributed by atoms with Crippen LogP contribution in [0.2, 0.25) is 0 Å². The van der Waals surface area contributed by atoms with E-state index < -0.39 is 4.32 Å². The lowest BCUT2D eigenvalue weighted by molar-refractivity contribution is -0.133. The van der Waals surface area contributed by atoms with Crippen LogP contribution in [0, 0.1) is 6.92 Å². The molecule has 1 aromatic carbocycles. The number of anilines is 1. The Hall–Kier alpha value is -1.03. The number of nitrogens with zero attached hydrogens (tertiary/aromatic N) is 2. The predicted molar refractivity (Wildman–Crippen MR) is 83.0 cm³/mol. The van der Waals surface area contributed by atoms with E-state index in [2.05, 4.69) is 52.0 Å². The first-order valence-corrected chi connectivity index (χ1v) is 7.48. The first-order chi connectivity index (χ1) is 8.89. The topological polar surface area (TPSA) is 23.6 Å². The van der Waals surface area contributed by atoms with Crippen molar-refractivity contribution in [2.45, 2.75) is 25.1 Å². The van der Waals surface area contributed by atoms with Crippen LogP contribution >= 0.6 is 15.9 Å². The molecule has 3 nitrogen and oxygen atoms in total. The van der Waals surface area contributed by atoms with Gasteiger partial charge in [-0.1, -0.05) is 34.1 Å². The summed E-state index contributed by atoms with van der Waals surface area (Å²) in [6.45, 7) is 9.34. The summed E-state index contributed by atoms with van der Waals surface area (Å²) in [7, 11) is 0. The van der Waals surface area contributed by atoms with Crippen molar-refractivity contribution in [3.05, 3.63) is 29.8 Å². The summed E-state index contributed by atoms with van der Waals surface area (Å²) >= 11 is 3.45. The van der Waals surface area contributed by atoms with Crippen molar-refractivity contribution in [2.75, 3.05) is 31.1 Å². The van der Waals surface area contributed by atoms with Crippen LogP contribution in [0.4, 0.5) is 5.69 Å². The zero-order chi connectivity index (χ0) is 14.0. The molecule has 1 aliphatic heterocycles. The van der Waals surface area contributed by atoms with Crippen molar-refractivity contribution in [3.8, 4) is 0 Å². The Labute approximate surface area is 123 Å². The zero-order valence-electron chi connectivity index (χ0n) is 11.8. The molecule has 104 valence electrons. The minimum Gasteiger partial charge on any atom is -0.368 e. The van der Waals surface area contributed by atoms with Gasteiger partial charge in [0.15, 0.2) is 0 Å². The maximum Gasteiger partial charge on any atom is 0.239 e. The molecule has 0 atom stereocenters. The zero-order valence-corrected chi connectivity index (χ0v) is 13.4. The Bertz CT molecular complexity index is 459. The maximum atomic E-state index is 12.2. The van der Waals surface area contributed by atoms with Crippen molar-refractivity contribution in [1.82, 2.24) is 4.90 Å². The number of amides is 1. The average Bonchev–Trinajstić information content (AvgIpc) is 2.38. The van der Waals surface area contributed by atoms with Crippen molar-refractivity contribution in [2.24, 2.45) is 0 Å². The summed E-state index contributed by atoms with van der Waals surface area (Å²) in [5.74, 6) is 0.178. The van der Waals surface area contributed by atoms with Gasteiger partial charge in [0, 0.05) is 31.9 Å². The van der Waals surface area contributed by atoms with Crippen molar-refractivity contribution >= 4 is 27.5 Å². The number of hydrogen-bond acceptors (Lipinski definition) is 2. The normalized spacial score (nSPS) is 16.6. The molecule has 1 saturated heterocycles. The standard InChI is InChI=1S/C15H21BrN2O/c1-12-6-4-5-7-13(12)17-8-10-18(11-9-17)14(19)15(2,3)16/h4-7H,8-11H2,1-3H3. The highest BCUT2D eigenvalue weighted by atomic mass is 79.9. The summed E-state index contributed by atoms with van der Waals surface area (Å²) in [6.07, 6.45) is 0. The smallest absolute Gasteiger partial charge is 0.239 e. The van der Waals surface area contributed by atoms with E-state index in [-0.39, 0.29) is 5.91 Å². The number of hydrogen-bond donors (Lipinski definition) is 0. The number of halogens is 1. The minimum atomic E-state index is -0.460. The van der Waals surface area contributed by atoms with E-state index in [0.29, 0.717) is 0 Å². The Morgan fingerprint density at radius 3 is 2.26 bits per heavy atom. The largest absolute Gasteiger partial charge is 0.368 e. The van der Waals surface area contributed by atoms with E-state index in [0.717, 1.165) is 26.2 Å². The summed E-state index contributed by atoms with van der Waals surface area (Å²) in [5, 5.41) is 0.